The molecule has 0 aliphatic heterocycles. The molecule has 0 radical (unpaired) electrons. The van der Waals surface area contributed by atoms with E-state index in [1.807, 2.05) is 0 Å². The standard InChI is InChI=1S/C12H10F3NO2/c1-2-18-11(17)6-4-8-3-5-9(7-10(8)16)12(13,14)15/h3,5,7H,2,16H2,1H3. The summed E-state index contributed by atoms with van der Waals surface area (Å²) in [6.45, 7) is 1.79. The molecule has 1 rings (SSSR count). The van der Waals surface area contributed by atoms with Crippen LogP contribution in [0.2, 0.25) is 0 Å². The number of nitrogen functional groups attached to an aromatic ring is 1. The lowest BCUT2D eigenvalue weighted by Gasteiger charge is -2.07. The summed E-state index contributed by atoms with van der Waals surface area (Å²) in [6, 6.07) is 2.74. The largest absolute Gasteiger partial charge is 0.456 e. The van der Waals surface area contributed by atoms with Gasteiger partial charge in [0.15, 0.2) is 0 Å². The van der Waals surface area contributed by atoms with Gasteiger partial charge in [-0.1, -0.05) is 5.92 Å². The van der Waals surface area contributed by atoms with Crippen LogP contribution in [-0.4, -0.2) is 12.6 Å². The van der Waals surface area contributed by atoms with Crippen molar-refractivity contribution in [2.75, 3.05) is 12.3 Å². The summed E-state index contributed by atoms with van der Waals surface area (Å²) in [4.78, 5) is 10.9. The molecule has 0 saturated heterocycles. The van der Waals surface area contributed by atoms with Crippen LogP contribution in [-0.2, 0) is 15.7 Å². The summed E-state index contributed by atoms with van der Waals surface area (Å²) in [5, 5.41) is 0. The summed E-state index contributed by atoms with van der Waals surface area (Å²) in [6.07, 6.45) is -4.46. The first-order valence-corrected chi connectivity index (χ1v) is 5.00. The van der Waals surface area contributed by atoms with Gasteiger partial charge in [0.2, 0.25) is 0 Å². The van der Waals surface area contributed by atoms with E-state index >= 15 is 0 Å². The monoisotopic (exact) mass is 257 g/mol. The van der Waals surface area contributed by atoms with E-state index in [9.17, 15) is 18.0 Å². The van der Waals surface area contributed by atoms with Gasteiger partial charge in [0.05, 0.1) is 12.2 Å². The Morgan fingerprint density at radius 3 is 2.61 bits per heavy atom. The number of benzene rings is 1. The number of hydrogen-bond donors (Lipinski definition) is 1. The normalized spacial score (nSPS) is 10.4. The molecule has 0 saturated carbocycles. The van der Waals surface area contributed by atoms with Crippen LogP contribution >= 0.6 is 0 Å². The molecule has 18 heavy (non-hydrogen) atoms. The number of anilines is 1. The van der Waals surface area contributed by atoms with Crippen molar-refractivity contribution in [2.45, 2.75) is 13.1 Å². The van der Waals surface area contributed by atoms with Gasteiger partial charge in [-0.2, -0.15) is 13.2 Å². The second kappa shape index (κ2) is 5.45. The van der Waals surface area contributed by atoms with Gasteiger partial charge in [-0.3, -0.25) is 0 Å². The molecular formula is C12H10F3NO2. The molecule has 3 nitrogen and oxygen atoms in total. The van der Waals surface area contributed by atoms with Crippen molar-refractivity contribution in [1.82, 2.24) is 0 Å². The molecule has 0 bridgehead atoms. The highest BCUT2D eigenvalue weighted by molar-refractivity contribution is 5.89. The number of esters is 1. The highest BCUT2D eigenvalue weighted by Crippen LogP contribution is 2.31. The third kappa shape index (κ3) is 3.70. The highest BCUT2D eigenvalue weighted by Gasteiger charge is 2.30. The molecule has 2 N–H and O–H groups in total. The van der Waals surface area contributed by atoms with Crippen molar-refractivity contribution in [3.05, 3.63) is 29.3 Å². The number of halogens is 3. The zero-order chi connectivity index (χ0) is 13.8. The Hall–Kier alpha value is -2.16. The smallest absolute Gasteiger partial charge is 0.416 e. The molecule has 0 unspecified atom stereocenters. The van der Waals surface area contributed by atoms with Crippen LogP contribution < -0.4 is 5.73 Å². The van der Waals surface area contributed by atoms with Crippen molar-refractivity contribution < 1.29 is 22.7 Å². The van der Waals surface area contributed by atoms with E-state index in [0.29, 0.717) is 0 Å². The van der Waals surface area contributed by atoms with Gasteiger partial charge in [0.25, 0.3) is 0 Å². The molecule has 0 atom stereocenters. The van der Waals surface area contributed by atoms with Crippen molar-refractivity contribution in [3.63, 3.8) is 0 Å². The summed E-state index contributed by atoms with van der Waals surface area (Å²) in [5.74, 6) is 3.73. The van der Waals surface area contributed by atoms with Gasteiger partial charge in [-0.15, -0.1) is 0 Å². The highest BCUT2D eigenvalue weighted by atomic mass is 19.4. The molecular weight excluding hydrogens is 247 g/mol. The van der Waals surface area contributed by atoms with E-state index in [0.717, 1.165) is 18.2 Å². The number of hydrogen-bond acceptors (Lipinski definition) is 3. The molecule has 1 aromatic rings. The lowest BCUT2D eigenvalue weighted by atomic mass is 10.1. The predicted octanol–water partition coefficient (Wildman–Crippen LogP) is 2.20. The third-order valence-corrected chi connectivity index (χ3v) is 1.95. The average Bonchev–Trinajstić information content (AvgIpc) is 2.26. The van der Waals surface area contributed by atoms with Gasteiger partial charge in [-0.25, -0.2) is 4.79 Å². The van der Waals surface area contributed by atoms with Crippen molar-refractivity contribution in [2.24, 2.45) is 0 Å². The van der Waals surface area contributed by atoms with E-state index in [-0.39, 0.29) is 17.9 Å². The summed E-state index contributed by atoms with van der Waals surface area (Å²) >= 11 is 0. The van der Waals surface area contributed by atoms with Gasteiger partial charge >= 0.3 is 12.1 Å². The lowest BCUT2D eigenvalue weighted by molar-refractivity contribution is -0.138. The third-order valence-electron chi connectivity index (χ3n) is 1.95. The number of nitrogens with two attached hydrogens (primary N) is 1. The number of carbonyl (C=O) groups is 1. The molecule has 0 heterocycles. The minimum atomic E-state index is -4.46. The van der Waals surface area contributed by atoms with Crippen molar-refractivity contribution >= 4 is 11.7 Å². The average molecular weight is 257 g/mol. The van der Waals surface area contributed by atoms with E-state index < -0.39 is 17.7 Å². The Morgan fingerprint density at radius 2 is 2.11 bits per heavy atom. The van der Waals surface area contributed by atoms with Crippen LogP contribution in [0.3, 0.4) is 0 Å². The molecule has 6 heteroatoms. The minimum Gasteiger partial charge on any atom is -0.456 e. The Kier molecular flexibility index (Phi) is 4.21. The van der Waals surface area contributed by atoms with Gasteiger partial charge in [0, 0.05) is 17.2 Å². The number of carbonyl (C=O) groups excluding carboxylic acids is 1. The maximum atomic E-state index is 12.3. The Bertz CT molecular complexity index is 512. The Morgan fingerprint density at radius 1 is 1.44 bits per heavy atom. The first-order valence-electron chi connectivity index (χ1n) is 5.00. The zero-order valence-electron chi connectivity index (χ0n) is 9.47. The molecule has 0 aromatic heterocycles. The second-order valence-corrected chi connectivity index (χ2v) is 3.27. The molecule has 0 amide bonds. The summed E-state index contributed by atoms with van der Waals surface area (Å²) < 4.78 is 41.6. The van der Waals surface area contributed by atoms with Gasteiger partial charge < -0.3 is 10.5 Å². The predicted molar refractivity (Wildman–Crippen MR) is 59.4 cm³/mol. The van der Waals surface area contributed by atoms with Crippen LogP contribution in [0.15, 0.2) is 18.2 Å². The molecule has 0 spiro atoms. The maximum absolute atomic E-state index is 12.3. The van der Waals surface area contributed by atoms with Crippen molar-refractivity contribution in [1.29, 1.82) is 0 Å². The van der Waals surface area contributed by atoms with Crippen LogP contribution in [0, 0.1) is 11.8 Å². The fourth-order valence-corrected chi connectivity index (χ4v) is 1.14. The summed E-state index contributed by atoms with van der Waals surface area (Å²) in [7, 11) is 0. The lowest BCUT2D eigenvalue weighted by Crippen LogP contribution is -2.06. The van der Waals surface area contributed by atoms with Gasteiger partial charge in [0.1, 0.15) is 0 Å². The number of rotatable bonds is 1. The Labute approximate surface area is 102 Å². The summed E-state index contributed by atoms with van der Waals surface area (Å²) in [5.41, 5.74) is 4.58. The van der Waals surface area contributed by atoms with Crippen LogP contribution in [0.1, 0.15) is 18.1 Å². The number of alkyl halides is 3. The Balaban J connectivity index is 2.97. The maximum Gasteiger partial charge on any atom is 0.416 e. The van der Waals surface area contributed by atoms with Crippen molar-refractivity contribution in [3.8, 4) is 11.8 Å². The second-order valence-electron chi connectivity index (χ2n) is 3.27. The fourth-order valence-electron chi connectivity index (χ4n) is 1.14. The van der Waals surface area contributed by atoms with Crippen LogP contribution in [0.4, 0.5) is 18.9 Å². The quantitative estimate of drug-likeness (QED) is 0.476. The molecule has 1 aromatic carbocycles. The van der Waals surface area contributed by atoms with Crippen LogP contribution in [0.25, 0.3) is 0 Å². The minimum absolute atomic E-state index is 0.137. The fraction of sp³-hybridized carbons (Fsp3) is 0.250. The molecule has 96 valence electrons. The van der Waals surface area contributed by atoms with Gasteiger partial charge in [-0.05, 0) is 25.1 Å². The topological polar surface area (TPSA) is 52.3 Å². The van der Waals surface area contributed by atoms with E-state index in [4.69, 9.17) is 5.73 Å². The first-order chi connectivity index (χ1) is 8.34. The van der Waals surface area contributed by atoms with E-state index in [1.165, 1.54) is 0 Å². The van der Waals surface area contributed by atoms with Crippen LogP contribution in [0.5, 0.6) is 0 Å². The SMILES string of the molecule is CCOC(=O)C#Cc1ccc(C(F)(F)F)cc1N. The molecule has 0 aliphatic rings. The number of ether oxygens (including phenoxy) is 1. The molecule has 0 aliphatic carbocycles. The first kappa shape index (κ1) is 13.9. The molecule has 0 fully saturated rings. The van der Waals surface area contributed by atoms with E-state index in [1.54, 1.807) is 6.92 Å². The van der Waals surface area contributed by atoms with E-state index in [2.05, 4.69) is 16.6 Å². The zero-order valence-corrected chi connectivity index (χ0v) is 9.47.